The van der Waals surface area contributed by atoms with Crippen molar-refractivity contribution in [2.75, 3.05) is 24.7 Å². The quantitative estimate of drug-likeness (QED) is 0.783. The Balaban J connectivity index is 2.09. The van der Waals surface area contributed by atoms with Gasteiger partial charge >= 0.3 is 0 Å². The van der Waals surface area contributed by atoms with Crippen molar-refractivity contribution in [2.45, 2.75) is 11.8 Å². The minimum atomic E-state index is -1.11. The van der Waals surface area contributed by atoms with Crippen LogP contribution in [0.1, 0.15) is 17.3 Å². The molecule has 0 aliphatic heterocycles. The molecule has 2 rings (SSSR count). The van der Waals surface area contributed by atoms with Crippen molar-refractivity contribution >= 4 is 51.5 Å². The summed E-state index contributed by atoms with van der Waals surface area (Å²) < 4.78 is 11.4. The zero-order chi connectivity index (χ0) is 19.3. The van der Waals surface area contributed by atoms with Crippen LogP contribution in [0.4, 0.5) is 5.69 Å². The van der Waals surface area contributed by atoms with Crippen LogP contribution in [0, 0.1) is 0 Å². The van der Waals surface area contributed by atoms with Gasteiger partial charge in [0.2, 0.25) is 5.91 Å². The minimum absolute atomic E-state index is 0.141. The highest BCUT2D eigenvalue weighted by Crippen LogP contribution is 2.29. The first kappa shape index (κ1) is 20.4. The molecule has 1 N–H and O–H groups in total. The molecule has 0 heterocycles. The van der Waals surface area contributed by atoms with Gasteiger partial charge in [0, 0.05) is 34.1 Å². The lowest BCUT2D eigenvalue weighted by Gasteiger charge is -2.21. The molecule has 0 aromatic heterocycles. The number of nitrogens with zero attached hydrogens (tertiary/aromatic N) is 1. The molecule has 0 aliphatic carbocycles. The van der Waals surface area contributed by atoms with Gasteiger partial charge in [-0.15, -0.1) is 0 Å². The summed E-state index contributed by atoms with van der Waals surface area (Å²) in [5.41, 5.74) is 0.740. The third-order valence-electron chi connectivity index (χ3n) is 3.66. The summed E-state index contributed by atoms with van der Waals surface area (Å²) in [6.07, 6.45) is 1.57. The fourth-order valence-electron chi connectivity index (χ4n) is 2.27. The molecule has 0 saturated carbocycles. The highest BCUT2D eigenvalue weighted by molar-refractivity contribution is 7.84. The molecule has 138 valence electrons. The van der Waals surface area contributed by atoms with E-state index in [0.717, 1.165) is 0 Å². The zero-order valence-electron chi connectivity index (χ0n) is 14.3. The number of halogens is 2. The van der Waals surface area contributed by atoms with Gasteiger partial charge in [-0.2, -0.15) is 0 Å². The normalized spacial score (nSPS) is 11.7. The molecule has 1 atom stereocenters. The topological polar surface area (TPSA) is 66.5 Å². The number of likely N-dealkylation sites (N-methyl/N-ethyl adjacent to an activating group) is 1. The molecular formula is C18H18Cl2N2O3S. The second-order valence-electron chi connectivity index (χ2n) is 5.44. The Morgan fingerprint density at radius 2 is 1.65 bits per heavy atom. The van der Waals surface area contributed by atoms with Crippen LogP contribution >= 0.6 is 23.2 Å². The largest absolute Gasteiger partial charge is 0.330 e. The van der Waals surface area contributed by atoms with E-state index in [1.54, 1.807) is 55.6 Å². The van der Waals surface area contributed by atoms with E-state index in [4.69, 9.17) is 23.2 Å². The monoisotopic (exact) mass is 412 g/mol. The number of hydrogen-bond acceptors (Lipinski definition) is 3. The molecule has 2 aromatic carbocycles. The van der Waals surface area contributed by atoms with Crippen LogP contribution in [0.25, 0.3) is 0 Å². The average Bonchev–Trinajstić information content (AvgIpc) is 2.62. The Hall–Kier alpha value is -1.89. The van der Waals surface area contributed by atoms with Gasteiger partial charge in [0.1, 0.15) is 6.54 Å². The summed E-state index contributed by atoms with van der Waals surface area (Å²) in [6.45, 7) is 1.99. The lowest BCUT2D eigenvalue weighted by Crippen LogP contribution is -2.37. The Morgan fingerprint density at radius 3 is 2.15 bits per heavy atom. The number of carbonyl (C=O) groups is 2. The molecule has 8 heteroatoms. The standard InChI is InChI=1S/C18H18Cl2N2O3S/c1-3-22(18(24)12-7-9-13(10-8-12)26(2)25)11-16(23)21-17-14(19)5-4-6-15(17)20/h4-10H,3,11H2,1-2H3,(H,21,23). The number of para-hydroxylation sites is 1. The van der Waals surface area contributed by atoms with E-state index in [-0.39, 0.29) is 12.5 Å². The first-order chi connectivity index (χ1) is 12.3. The maximum absolute atomic E-state index is 12.6. The van der Waals surface area contributed by atoms with Gasteiger partial charge in [-0.25, -0.2) is 0 Å². The Labute approximate surface area is 164 Å². The van der Waals surface area contributed by atoms with E-state index in [1.165, 1.54) is 4.90 Å². The number of rotatable bonds is 6. The maximum atomic E-state index is 12.6. The average molecular weight is 413 g/mol. The Bertz CT molecular complexity index is 821. The molecule has 0 aliphatic rings. The molecular weight excluding hydrogens is 395 g/mol. The fraction of sp³-hybridized carbons (Fsp3) is 0.222. The Kier molecular flexibility index (Phi) is 7.20. The molecule has 1 unspecified atom stereocenters. The van der Waals surface area contributed by atoms with Gasteiger partial charge in [-0.05, 0) is 43.3 Å². The van der Waals surface area contributed by atoms with Crippen LogP contribution in [0.3, 0.4) is 0 Å². The van der Waals surface area contributed by atoms with Crippen LogP contribution in [0.5, 0.6) is 0 Å². The van der Waals surface area contributed by atoms with Crippen molar-refractivity contribution in [3.05, 3.63) is 58.1 Å². The third kappa shape index (κ3) is 5.06. The van der Waals surface area contributed by atoms with Crippen LogP contribution < -0.4 is 5.32 Å². The SMILES string of the molecule is CCN(CC(=O)Nc1c(Cl)cccc1Cl)C(=O)c1ccc(S(C)=O)cc1. The molecule has 0 saturated heterocycles. The molecule has 2 aromatic rings. The number of anilines is 1. The van der Waals surface area contributed by atoms with Crippen molar-refractivity contribution in [3.8, 4) is 0 Å². The second kappa shape index (κ2) is 9.16. The molecule has 5 nitrogen and oxygen atoms in total. The predicted octanol–water partition coefficient (Wildman–Crippen LogP) is 3.83. The van der Waals surface area contributed by atoms with E-state index >= 15 is 0 Å². The van der Waals surface area contributed by atoms with Crippen LogP contribution in [0.15, 0.2) is 47.4 Å². The van der Waals surface area contributed by atoms with Gasteiger partial charge in [-0.3, -0.25) is 13.8 Å². The van der Waals surface area contributed by atoms with Crippen molar-refractivity contribution in [2.24, 2.45) is 0 Å². The molecule has 0 radical (unpaired) electrons. The summed E-state index contributed by atoms with van der Waals surface area (Å²) in [5, 5.41) is 3.28. The second-order valence-corrected chi connectivity index (χ2v) is 7.64. The Morgan fingerprint density at radius 1 is 1.08 bits per heavy atom. The van der Waals surface area contributed by atoms with Crippen molar-refractivity contribution in [1.29, 1.82) is 0 Å². The van der Waals surface area contributed by atoms with Gasteiger partial charge in [0.25, 0.3) is 5.91 Å². The summed E-state index contributed by atoms with van der Waals surface area (Å²) in [4.78, 5) is 26.9. The van der Waals surface area contributed by atoms with E-state index < -0.39 is 16.7 Å². The summed E-state index contributed by atoms with van der Waals surface area (Å²) in [7, 11) is -1.11. The van der Waals surface area contributed by atoms with Gasteiger partial charge in [0.15, 0.2) is 0 Å². The fourth-order valence-corrected chi connectivity index (χ4v) is 3.28. The van der Waals surface area contributed by atoms with Crippen molar-refractivity contribution in [3.63, 3.8) is 0 Å². The van der Waals surface area contributed by atoms with E-state index in [2.05, 4.69) is 5.32 Å². The highest BCUT2D eigenvalue weighted by atomic mass is 35.5. The maximum Gasteiger partial charge on any atom is 0.254 e. The molecule has 0 spiro atoms. The molecule has 0 fully saturated rings. The van der Waals surface area contributed by atoms with Crippen LogP contribution in [-0.2, 0) is 15.6 Å². The zero-order valence-corrected chi connectivity index (χ0v) is 16.6. The van der Waals surface area contributed by atoms with E-state index in [0.29, 0.717) is 32.7 Å². The summed E-state index contributed by atoms with van der Waals surface area (Å²) in [5.74, 6) is -0.692. The molecule has 0 bridgehead atoms. The smallest absolute Gasteiger partial charge is 0.254 e. The number of benzene rings is 2. The number of amides is 2. The predicted molar refractivity (Wildman–Crippen MR) is 105 cm³/mol. The van der Waals surface area contributed by atoms with Gasteiger partial charge in [-0.1, -0.05) is 29.3 Å². The first-order valence-electron chi connectivity index (χ1n) is 7.80. The van der Waals surface area contributed by atoms with E-state index in [9.17, 15) is 13.8 Å². The number of nitrogens with one attached hydrogen (secondary N) is 1. The third-order valence-corrected chi connectivity index (χ3v) is 5.23. The van der Waals surface area contributed by atoms with Gasteiger partial charge < -0.3 is 10.2 Å². The van der Waals surface area contributed by atoms with Gasteiger partial charge in [0.05, 0.1) is 15.7 Å². The highest BCUT2D eigenvalue weighted by Gasteiger charge is 2.19. The number of hydrogen-bond donors (Lipinski definition) is 1. The number of carbonyl (C=O) groups excluding carboxylic acids is 2. The van der Waals surface area contributed by atoms with Crippen molar-refractivity contribution in [1.82, 2.24) is 4.90 Å². The lowest BCUT2D eigenvalue weighted by atomic mass is 10.2. The van der Waals surface area contributed by atoms with Crippen LogP contribution in [0.2, 0.25) is 10.0 Å². The van der Waals surface area contributed by atoms with Crippen LogP contribution in [-0.4, -0.2) is 40.3 Å². The molecule has 26 heavy (non-hydrogen) atoms. The van der Waals surface area contributed by atoms with E-state index in [1.807, 2.05) is 0 Å². The minimum Gasteiger partial charge on any atom is -0.330 e. The summed E-state index contributed by atoms with van der Waals surface area (Å²) >= 11 is 12.1. The van der Waals surface area contributed by atoms with Crippen molar-refractivity contribution < 1.29 is 13.8 Å². The summed E-state index contributed by atoms with van der Waals surface area (Å²) in [6, 6.07) is 11.4. The lowest BCUT2D eigenvalue weighted by molar-refractivity contribution is -0.116. The molecule has 2 amide bonds. The first-order valence-corrected chi connectivity index (χ1v) is 10.1.